The number of aliphatic carboxylic acids is 1. The van der Waals surface area contributed by atoms with Crippen molar-refractivity contribution in [1.29, 1.82) is 0 Å². The molecule has 0 aliphatic rings. The summed E-state index contributed by atoms with van der Waals surface area (Å²) >= 11 is 0. The summed E-state index contributed by atoms with van der Waals surface area (Å²) in [5, 5.41) is 13.4. The number of likely N-dealkylation sites (N-methyl/N-ethyl adjacent to an activating group) is 2. The van der Waals surface area contributed by atoms with Crippen LogP contribution in [0.2, 0.25) is 0 Å². The van der Waals surface area contributed by atoms with Gasteiger partial charge in [0.25, 0.3) is 0 Å². The van der Waals surface area contributed by atoms with E-state index in [1.807, 2.05) is 0 Å². The zero-order valence-electron chi connectivity index (χ0n) is 9.83. The predicted molar refractivity (Wildman–Crippen MR) is 56.9 cm³/mol. The van der Waals surface area contributed by atoms with Crippen molar-refractivity contribution < 1.29 is 19.5 Å². The van der Waals surface area contributed by atoms with E-state index in [0.29, 0.717) is 0 Å². The fraction of sp³-hybridized carbons (Fsp3) is 0.667. The van der Waals surface area contributed by atoms with Gasteiger partial charge in [-0.2, -0.15) is 0 Å². The number of hydrogen-bond donors (Lipinski definition) is 3. The quantitative estimate of drug-likeness (QED) is 0.592. The average molecular weight is 231 g/mol. The van der Waals surface area contributed by atoms with Crippen molar-refractivity contribution in [3.63, 3.8) is 0 Å². The summed E-state index contributed by atoms with van der Waals surface area (Å²) in [4.78, 5) is 34.3. The molecule has 3 N–H and O–H groups in total. The van der Waals surface area contributed by atoms with E-state index in [-0.39, 0.29) is 12.5 Å². The molecule has 0 aliphatic heterocycles. The number of nitrogens with one attached hydrogen (secondary N) is 2. The Morgan fingerprint density at radius 1 is 1.31 bits per heavy atom. The third kappa shape index (κ3) is 4.16. The van der Waals surface area contributed by atoms with Crippen LogP contribution in [0.1, 0.15) is 13.8 Å². The van der Waals surface area contributed by atoms with Crippen molar-refractivity contribution >= 4 is 17.9 Å². The van der Waals surface area contributed by atoms with Crippen LogP contribution in [0.25, 0.3) is 0 Å². The minimum atomic E-state index is -1.37. The lowest BCUT2D eigenvalue weighted by Gasteiger charge is -2.25. The van der Waals surface area contributed by atoms with Crippen LogP contribution in [0.3, 0.4) is 0 Å². The minimum absolute atomic E-state index is 0.127. The van der Waals surface area contributed by atoms with E-state index < -0.39 is 17.5 Å². The number of nitrogens with zero attached hydrogens (tertiary/aromatic N) is 1. The average Bonchev–Trinajstić information content (AvgIpc) is 2.16. The van der Waals surface area contributed by atoms with E-state index in [4.69, 9.17) is 5.11 Å². The van der Waals surface area contributed by atoms with Crippen molar-refractivity contribution in [2.75, 3.05) is 20.6 Å². The standard InChI is InChI=1S/C9H17N3O4/c1-9(2,7(14)15)11-8(16)12(4)5-6(13)10-3/h5H2,1-4H3,(H,10,13)(H,11,16)(H,14,15). The van der Waals surface area contributed by atoms with Crippen molar-refractivity contribution in [3.05, 3.63) is 0 Å². The van der Waals surface area contributed by atoms with Crippen LogP contribution in [0, 0.1) is 0 Å². The van der Waals surface area contributed by atoms with Gasteiger partial charge in [0.05, 0.1) is 0 Å². The molecule has 92 valence electrons. The maximum atomic E-state index is 11.5. The molecule has 0 aromatic heterocycles. The molecule has 0 aliphatic carbocycles. The van der Waals surface area contributed by atoms with Gasteiger partial charge in [-0.3, -0.25) is 4.79 Å². The van der Waals surface area contributed by atoms with Crippen molar-refractivity contribution in [1.82, 2.24) is 15.5 Å². The van der Waals surface area contributed by atoms with Gasteiger partial charge >= 0.3 is 12.0 Å². The van der Waals surface area contributed by atoms with Crippen LogP contribution >= 0.6 is 0 Å². The summed E-state index contributed by atoms with van der Waals surface area (Å²) in [5.41, 5.74) is -1.37. The molecule has 0 fully saturated rings. The first-order valence-electron chi connectivity index (χ1n) is 4.68. The third-order valence-electron chi connectivity index (χ3n) is 1.96. The molecule has 0 bridgehead atoms. The lowest BCUT2D eigenvalue weighted by Crippen LogP contribution is -2.54. The van der Waals surface area contributed by atoms with Gasteiger partial charge in [-0.05, 0) is 13.8 Å². The Kier molecular flexibility index (Phi) is 4.74. The monoisotopic (exact) mass is 231 g/mol. The van der Waals surface area contributed by atoms with Gasteiger partial charge < -0.3 is 20.6 Å². The Bertz CT molecular complexity index is 301. The van der Waals surface area contributed by atoms with Gasteiger partial charge in [-0.15, -0.1) is 0 Å². The summed E-state index contributed by atoms with van der Waals surface area (Å²) in [6.45, 7) is 2.60. The third-order valence-corrected chi connectivity index (χ3v) is 1.96. The number of carboxylic acid groups (broad SMARTS) is 1. The number of hydrogen-bond acceptors (Lipinski definition) is 3. The van der Waals surface area contributed by atoms with Crippen molar-refractivity contribution in [2.45, 2.75) is 19.4 Å². The van der Waals surface area contributed by atoms with E-state index >= 15 is 0 Å². The SMILES string of the molecule is CNC(=O)CN(C)C(=O)NC(C)(C)C(=O)O. The van der Waals surface area contributed by atoms with Crippen LogP contribution in [-0.2, 0) is 9.59 Å². The van der Waals surface area contributed by atoms with Crippen molar-refractivity contribution in [2.24, 2.45) is 0 Å². The largest absolute Gasteiger partial charge is 0.480 e. The van der Waals surface area contributed by atoms with E-state index in [2.05, 4.69) is 10.6 Å². The maximum Gasteiger partial charge on any atom is 0.328 e. The van der Waals surface area contributed by atoms with Crippen LogP contribution in [0.5, 0.6) is 0 Å². The van der Waals surface area contributed by atoms with Crippen LogP contribution < -0.4 is 10.6 Å². The minimum Gasteiger partial charge on any atom is -0.480 e. The molecular weight excluding hydrogens is 214 g/mol. The van der Waals surface area contributed by atoms with E-state index in [0.717, 1.165) is 4.90 Å². The fourth-order valence-electron chi connectivity index (χ4n) is 0.782. The highest BCUT2D eigenvalue weighted by atomic mass is 16.4. The second kappa shape index (κ2) is 5.34. The Balaban J connectivity index is 4.36. The molecule has 0 aromatic carbocycles. The Labute approximate surface area is 93.8 Å². The molecule has 0 saturated heterocycles. The lowest BCUT2D eigenvalue weighted by atomic mass is 10.1. The van der Waals surface area contributed by atoms with Gasteiger partial charge in [0.15, 0.2) is 0 Å². The molecule has 0 radical (unpaired) electrons. The highest BCUT2D eigenvalue weighted by Gasteiger charge is 2.30. The first-order valence-corrected chi connectivity index (χ1v) is 4.68. The molecule has 7 nitrogen and oxygen atoms in total. The molecule has 0 rings (SSSR count). The van der Waals surface area contributed by atoms with Gasteiger partial charge in [-0.1, -0.05) is 0 Å². The Hall–Kier alpha value is -1.79. The Morgan fingerprint density at radius 3 is 2.19 bits per heavy atom. The maximum absolute atomic E-state index is 11.5. The molecule has 3 amide bonds. The zero-order chi connectivity index (χ0) is 12.9. The second-order valence-electron chi connectivity index (χ2n) is 3.89. The van der Waals surface area contributed by atoms with Gasteiger partial charge in [0, 0.05) is 14.1 Å². The molecule has 0 unspecified atom stereocenters. The summed E-state index contributed by atoms with van der Waals surface area (Å²) in [6, 6.07) is -0.615. The van der Waals surface area contributed by atoms with Crippen molar-refractivity contribution in [3.8, 4) is 0 Å². The number of carbonyl (C=O) groups is 3. The number of carboxylic acids is 1. The number of rotatable bonds is 4. The number of carbonyl (C=O) groups excluding carboxylic acids is 2. The van der Waals surface area contributed by atoms with Crippen LogP contribution in [0.4, 0.5) is 4.79 Å². The molecule has 0 spiro atoms. The molecular formula is C9H17N3O4. The fourth-order valence-corrected chi connectivity index (χ4v) is 0.782. The van der Waals surface area contributed by atoms with Gasteiger partial charge in [0.2, 0.25) is 5.91 Å². The smallest absolute Gasteiger partial charge is 0.328 e. The molecule has 7 heteroatoms. The normalized spacial score (nSPS) is 10.5. The lowest BCUT2D eigenvalue weighted by molar-refractivity contribution is -0.143. The molecule has 0 heterocycles. The summed E-state index contributed by atoms with van der Waals surface area (Å²) < 4.78 is 0. The topological polar surface area (TPSA) is 98.7 Å². The molecule has 0 saturated carbocycles. The van der Waals surface area contributed by atoms with Crippen LogP contribution in [-0.4, -0.2) is 54.1 Å². The first kappa shape index (κ1) is 14.2. The van der Waals surface area contributed by atoms with Gasteiger partial charge in [-0.25, -0.2) is 9.59 Å². The molecule has 16 heavy (non-hydrogen) atoms. The predicted octanol–water partition coefficient (Wildman–Crippen LogP) is -0.763. The van der Waals surface area contributed by atoms with Crippen LogP contribution in [0.15, 0.2) is 0 Å². The summed E-state index contributed by atoms with van der Waals surface area (Å²) in [5.74, 6) is -1.47. The van der Waals surface area contributed by atoms with Gasteiger partial charge in [0.1, 0.15) is 12.1 Å². The highest BCUT2D eigenvalue weighted by Crippen LogP contribution is 2.02. The van der Waals surface area contributed by atoms with E-state index in [1.54, 1.807) is 0 Å². The first-order chi connectivity index (χ1) is 7.20. The summed E-state index contributed by atoms with van der Waals surface area (Å²) in [6.07, 6.45) is 0. The van der Waals surface area contributed by atoms with E-state index in [9.17, 15) is 14.4 Å². The number of amides is 3. The number of urea groups is 1. The summed E-state index contributed by atoms with van der Waals surface area (Å²) in [7, 11) is 2.86. The zero-order valence-corrected chi connectivity index (χ0v) is 9.83. The van der Waals surface area contributed by atoms with E-state index in [1.165, 1.54) is 27.9 Å². The Morgan fingerprint density at radius 2 is 1.81 bits per heavy atom. The second-order valence-corrected chi connectivity index (χ2v) is 3.89. The molecule has 0 aromatic rings. The molecule has 0 atom stereocenters. The highest BCUT2D eigenvalue weighted by molar-refractivity contribution is 5.88.